The van der Waals surface area contributed by atoms with Gasteiger partial charge in [-0.3, -0.25) is 4.57 Å². The summed E-state index contributed by atoms with van der Waals surface area (Å²) in [7, 11) is -0.519. The lowest BCUT2D eigenvalue weighted by Crippen LogP contribution is -2.64. The molecule has 0 aromatic carbocycles. The van der Waals surface area contributed by atoms with Crippen LogP contribution in [0.2, 0.25) is 0 Å². The van der Waals surface area contributed by atoms with Gasteiger partial charge in [-0.05, 0) is 0 Å². The van der Waals surface area contributed by atoms with E-state index in [0.717, 1.165) is 0 Å². The van der Waals surface area contributed by atoms with Gasteiger partial charge in [-0.1, -0.05) is 0 Å². The van der Waals surface area contributed by atoms with Gasteiger partial charge in [0.1, 0.15) is 0 Å². The van der Waals surface area contributed by atoms with Crippen molar-refractivity contribution in [1.82, 2.24) is 0 Å². The van der Waals surface area contributed by atoms with Crippen LogP contribution < -0.4 is 0 Å². The topological polar surface area (TPSA) is 124 Å². The van der Waals surface area contributed by atoms with E-state index in [0.29, 0.717) is 6.61 Å². The van der Waals surface area contributed by atoms with Crippen LogP contribution in [0, 0.1) is 11.8 Å². The molecule has 0 aromatic rings. The molecular formula is C12H23O9P. The summed E-state index contributed by atoms with van der Waals surface area (Å²) in [5, 5.41) is 30.6. The Morgan fingerprint density at radius 2 is 1.91 bits per heavy atom. The molecule has 0 amide bonds. The highest BCUT2D eigenvalue weighted by atomic mass is 31.2. The maximum atomic E-state index is 11.7. The van der Waals surface area contributed by atoms with Crippen LogP contribution in [0.4, 0.5) is 0 Å². The zero-order valence-corrected chi connectivity index (χ0v) is 13.6. The first-order chi connectivity index (χ1) is 10.3. The van der Waals surface area contributed by atoms with E-state index in [1.165, 1.54) is 20.9 Å². The normalized spacial score (nSPS) is 43.5. The Hall–Kier alpha value is -0.0900. The van der Waals surface area contributed by atoms with E-state index in [1.807, 2.05) is 0 Å². The van der Waals surface area contributed by atoms with Crippen molar-refractivity contribution in [3.8, 4) is 0 Å². The maximum absolute atomic E-state index is 11.7. The van der Waals surface area contributed by atoms with Crippen molar-refractivity contribution < 1.29 is 43.1 Å². The SMILES string of the molecule is COCCOC1OC2(O)C(COP(C)(=O)OC)C(O)C(O)C12. The van der Waals surface area contributed by atoms with E-state index in [1.54, 1.807) is 0 Å². The molecule has 1 saturated heterocycles. The molecule has 2 fully saturated rings. The van der Waals surface area contributed by atoms with Gasteiger partial charge >= 0.3 is 7.60 Å². The molecule has 2 aliphatic rings. The molecule has 0 bridgehead atoms. The summed E-state index contributed by atoms with van der Waals surface area (Å²) in [4.78, 5) is 0. The summed E-state index contributed by atoms with van der Waals surface area (Å²) in [5.74, 6) is -3.56. The molecular weight excluding hydrogens is 319 g/mol. The van der Waals surface area contributed by atoms with Gasteiger partial charge < -0.3 is 38.6 Å². The lowest BCUT2D eigenvalue weighted by molar-refractivity contribution is -0.438. The molecule has 22 heavy (non-hydrogen) atoms. The second-order valence-electron chi connectivity index (χ2n) is 5.46. The molecule has 10 heteroatoms. The Kier molecular flexibility index (Phi) is 5.64. The third-order valence-electron chi connectivity index (χ3n) is 4.13. The van der Waals surface area contributed by atoms with E-state index in [2.05, 4.69) is 4.52 Å². The molecule has 7 unspecified atom stereocenters. The van der Waals surface area contributed by atoms with Crippen molar-refractivity contribution in [3.05, 3.63) is 0 Å². The van der Waals surface area contributed by atoms with E-state index in [4.69, 9.17) is 18.7 Å². The van der Waals surface area contributed by atoms with Crippen LogP contribution in [0.25, 0.3) is 0 Å². The molecule has 0 aromatic heterocycles. The number of aliphatic hydroxyl groups is 3. The second-order valence-corrected chi connectivity index (χ2v) is 7.63. The Balaban J connectivity index is 1.98. The quantitative estimate of drug-likeness (QED) is 0.382. The van der Waals surface area contributed by atoms with Crippen molar-refractivity contribution in [2.75, 3.05) is 40.7 Å². The minimum absolute atomic E-state index is 0.228. The minimum atomic E-state index is -3.27. The predicted octanol–water partition coefficient (Wildman–Crippen LogP) is -0.852. The number of hydrogen-bond donors (Lipinski definition) is 3. The monoisotopic (exact) mass is 342 g/mol. The van der Waals surface area contributed by atoms with Gasteiger partial charge in [0.2, 0.25) is 0 Å². The first-order valence-corrected chi connectivity index (χ1v) is 8.90. The van der Waals surface area contributed by atoms with Crippen LogP contribution >= 0.6 is 7.60 Å². The molecule has 1 heterocycles. The van der Waals surface area contributed by atoms with Crippen LogP contribution in [0.15, 0.2) is 0 Å². The van der Waals surface area contributed by atoms with Crippen LogP contribution in [0.3, 0.4) is 0 Å². The van der Waals surface area contributed by atoms with Gasteiger partial charge in [-0.2, -0.15) is 0 Å². The predicted molar refractivity (Wildman–Crippen MR) is 73.1 cm³/mol. The summed E-state index contributed by atoms with van der Waals surface area (Å²) < 4.78 is 37.0. The fraction of sp³-hybridized carbons (Fsp3) is 1.00. The third-order valence-corrected chi connectivity index (χ3v) is 5.41. The van der Waals surface area contributed by atoms with Gasteiger partial charge in [0, 0.05) is 20.9 Å². The van der Waals surface area contributed by atoms with Crippen molar-refractivity contribution >= 4 is 7.60 Å². The average Bonchev–Trinajstić information content (AvgIpc) is 2.59. The van der Waals surface area contributed by atoms with Crippen LogP contribution in [-0.2, 0) is 27.8 Å². The summed E-state index contributed by atoms with van der Waals surface area (Å²) >= 11 is 0. The van der Waals surface area contributed by atoms with E-state index in [-0.39, 0.29) is 13.2 Å². The number of aliphatic hydroxyl groups excluding tert-OH is 2. The number of hydrogen-bond acceptors (Lipinski definition) is 9. The molecule has 0 spiro atoms. The van der Waals surface area contributed by atoms with Gasteiger partial charge in [-0.15, -0.1) is 0 Å². The lowest BCUT2D eigenvalue weighted by atomic mass is 9.89. The summed E-state index contributed by atoms with van der Waals surface area (Å²) in [5.41, 5.74) is 0. The van der Waals surface area contributed by atoms with Crippen LogP contribution in [-0.4, -0.2) is 80.3 Å². The molecule has 1 aliphatic heterocycles. The molecule has 0 radical (unpaired) electrons. The van der Waals surface area contributed by atoms with Gasteiger partial charge in [0.05, 0.1) is 43.9 Å². The number of ether oxygens (including phenoxy) is 3. The lowest BCUT2D eigenvalue weighted by Gasteiger charge is -2.49. The third kappa shape index (κ3) is 3.24. The van der Waals surface area contributed by atoms with Crippen molar-refractivity contribution in [2.45, 2.75) is 24.3 Å². The van der Waals surface area contributed by atoms with Crippen molar-refractivity contribution in [2.24, 2.45) is 11.8 Å². The molecule has 1 saturated carbocycles. The Bertz CT molecular complexity index is 433. The smallest absolute Gasteiger partial charge is 0.327 e. The Labute approximate surface area is 128 Å². The van der Waals surface area contributed by atoms with E-state index < -0.39 is 43.7 Å². The fourth-order valence-electron chi connectivity index (χ4n) is 2.77. The molecule has 3 N–H and O–H groups in total. The highest BCUT2D eigenvalue weighted by Crippen LogP contribution is 2.54. The fourth-order valence-corrected chi connectivity index (χ4v) is 3.30. The van der Waals surface area contributed by atoms with Gasteiger partial charge in [0.15, 0.2) is 12.1 Å². The maximum Gasteiger partial charge on any atom is 0.327 e. The van der Waals surface area contributed by atoms with E-state index >= 15 is 0 Å². The van der Waals surface area contributed by atoms with Gasteiger partial charge in [0.25, 0.3) is 0 Å². The Morgan fingerprint density at radius 1 is 1.23 bits per heavy atom. The summed E-state index contributed by atoms with van der Waals surface area (Å²) in [6.45, 7) is 1.55. The summed E-state index contributed by atoms with van der Waals surface area (Å²) in [6.07, 6.45) is -3.37. The largest absolute Gasteiger partial charge is 0.390 e. The van der Waals surface area contributed by atoms with Crippen molar-refractivity contribution in [1.29, 1.82) is 0 Å². The summed E-state index contributed by atoms with van der Waals surface area (Å²) in [6, 6.07) is 0. The molecule has 9 nitrogen and oxygen atoms in total. The molecule has 1 aliphatic carbocycles. The van der Waals surface area contributed by atoms with Crippen LogP contribution in [0.1, 0.15) is 0 Å². The highest BCUT2D eigenvalue weighted by molar-refractivity contribution is 7.52. The number of rotatable bonds is 8. The zero-order chi connectivity index (χ0) is 16.5. The number of fused-ring (bicyclic) bond motifs is 1. The first kappa shape index (κ1) is 18.3. The van der Waals surface area contributed by atoms with Crippen molar-refractivity contribution in [3.63, 3.8) is 0 Å². The second kappa shape index (κ2) is 6.80. The average molecular weight is 342 g/mol. The highest BCUT2D eigenvalue weighted by Gasteiger charge is 2.71. The molecule has 7 atom stereocenters. The van der Waals surface area contributed by atoms with Crippen LogP contribution in [0.5, 0.6) is 0 Å². The molecule has 130 valence electrons. The van der Waals surface area contributed by atoms with Gasteiger partial charge in [-0.25, -0.2) is 0 Å². The Morgan fingerprint density at radius 3 is 2.50 bits per heavy atom. The zero-order valence-electron chi connectivity index (χ0n) is 12.7. The number of methoxy groups -OCH3 is 1. The first-order valence-electron chi connectivity index (χ1n) is 6.91. The standard InChI is InChI=1S/C12H23O9P/c1-17-4-5-19-11-8-10(14)9(13)7(12(8,15)21-11)6-20-22(3,16)18-2/h7-11,13-15H,4-6H2,1-3H3. The molecule has 2 rings (SSSR count). The van der Waals surface area contributed by atoms with E-state index in [9.17, 15) is 19.9 Å². The minimum Gasteiger partial charge on any atom is -0.390 e.